The number of benzene rings is 1. The molecule has 0 amide bonds. The zero-order valence-electron chi connectivity index (χ0n) is 8.52. The molecule has 0 radical (unpaired) electrons. The SMILES string of the molecule is CC(C)c1onc2cc(C(=O)O)ccc12. The lowest BCUT2D eigenvalue weighted by Gasteiger charge is -1.98. The number of aromatic carboxylic acids is 1. The van der Waals surface area contributed by atoms with E-state index in [9.17, 15) is 4.79 Å². The lowest BCUT2D eigenvalue weighted by Crippen LogP contribution is -1.95. The van der Waals surface area contributed by atoms with E-state index in [-0.39, 0.29) is 11.5 Å². The average Bonchev–Trinajstić information content (AvgIpc) is 2.59. The summed E-state index contributed by atoms with van der Waals surface area (Å²) in [6, 6.07) is 4.82. The van der Waals surface area contributed by atoms with Crippen LogP contribution in [-0.4, -0.2) is 16.2 Å². The number of aromatic nitrogens is 1. The van der Waals surface area contributed by atoms with Gasteiger partial charge in [-0.25, -0.2) is 4.79 Å². The van der Waals surface area contributed by atoms with Gasteiger partial charge in [-0.15, -0.1) is 0 Å². The third-order valence-corrected chi connectivity index (χ3v) is 2.28. The highest BCUT2D eigenvalue weighted by molar-refractivity contribution is 5.93. The van der Waals surface area contributed by atoms with Crippen LogP contribution in [0.4, 0.5) is 0 Å². The van der Waals surface area contributed by atoms with Crippen molar-refractivity contribution in [2.24, 2.45) is 0 Å². The lowest BCUT2D eigenvalue weighted by atomic mass is 10.1. The van der Waals surface area contributed by atoms with Crippen LogP contribution in [0.3, 0.4) is 0 Å². The molecule has 0 atom stereocenters. The van der Waals surface area contributed by atoms with E-state index in [4.69, 9.17) is 9.63 Å². The number of carboxylic acids is 1. The summed E-state index contributed by atoms with van der Waals surface area (Å²) >= 11 is 0. The maximum atomic E-state index is 10.7. The van der Waals surface area contributed by atoms with Crippen molar-refractivity contribution in [1.82, 2.24) is 5.16 Å². The van der Waals surface area contributed by atoms with E-state index >= 15 is 0 Å². The van der Waals surface area contributed by atoms with E-state index in [0.717, 1.165) is 11.1 Å². The van der Waals surface area contributed by atoms with Crippen molar-refractivity contribution >= 4 is 16.9 Å². The predicted octanol–water partition coefficient (Wildman–Crippen LogP) is 2.65. The third kappa shape index (κ3) is 1.58. The maximum Gasteiger partial charge on any atom is 0.335 e. The molecule has 0 aliphatic heterocycles. The quantitative estimate of drug-likeness (QED) is 0.818. The van der Waals surface area contributed by atoms with Gasteiger partial charge in [0.25, 0.3) is 0 Å². The summed E-state index contributed by atoms with van der Waals surface area (Å²) in [5.74, 6) is 0.0820. The lowest BCUT2D eigenvalue weighted by molar-refractivity contribution is 0.0697. The third-order valence-electron chi connectivity index (χ3n) is 2.28. The Morgan fingerprint density at radius 1 is 1.47 bits per heavy atom. The summed E-state index contributed by atoms with van der Waals surface area (Å²) < 4.78 is 5.17. The van der Waals surface area contributed by atoms with Crippen LogP contribution >= 0.6 is 0 Å². The van der Waals surface area contributed by atoms with Gasteiger partial charge in [-0.2, -0.15) is 0 Å². The summed E-state index contributed by atoms with van der Waals surface area (Å²) in [6.45, 7) is 4.01. The molecule has 4 heteroatoms. The number of hydrogen-bond donors (Lipinski definition) is 1. The maximum absolute atomic E-state index is 10.7. The first-order valence-corrected chi connectivity index (χ1v) is 4.72. The molecule has 2 aromatic rings. The number of carboxylic acid groups (broad SMARTS) is 1. The fourth-order valence-corrected chi connectivity index (χ4v) is 1.51. The molecule has 1 aromatic carbocycles. The van der Waals surface area contributed by atoms with E-state index in [2.05, 4.69) is 5.16 Å². The van der Waals surface area contributed by atoms with Gasteiger partial charge in [0.2, 0.25) is 0 Å². The van der Waals surface area contributed by atoms with Gasteiger partial charge in [-0.05, 0) is 18.2 Å². The number of rotatable bonds is 2. The standard InChI is InChI=1S/C11H11NO3/c1-6(2)10-8-4-3-7(11(13)14)5-9(8)12-15-10/h3-6H,1-2H3,(H,13,14). The average molecular weight is 205 g/mol. The van der Waals surface area contributed by atoms with Crippen molar-refractivity contribution in [3.63, 3.8) is 0 Å². The minimum Gasteiger partial charge on any atom is -0.478 e. The molecule has 78 valence electrons. The van der Waals surface area contributed by atoms with E-state index in [1.807, 2.05) is 13.8 Å². The van der Waals surface area contributed by atoms with Crippen LogP contribution in [0.25, 0.3) is 10.9 Å². The van der Waals surface area contributed by atoms with E-state index in [1.165, 1.54) is 6.07 Å². The minimum atomic E-state index is -0.953. The fourth-order valence-electron chi connectivity index (χ4n) is 1.51. The highest BCUT2D eigenvalue weighted by atomic mass is 16.5. The van der Waals surface area contributed by atoms with Gasteiger partial charge in [0.05, 0.1) is 5.56 Å². The predicted molar refractivity (Wildman–Crippen MR) is 55.1 cm³/mol. The second-order valence-corrected chi connectivity index (χ2v) is 3.74. The number of hydrogen-bond acceptors (Lipinski definition) is 3. The molecule has 0 bridgehead atoms. The normalized spacial score (nSPS) is 11.1. The first-order valence-electron chi connectivity index (χ1n) is 4.72. The summed E-state index contributed by atoms with van der Waals surface area (Å²) in [5, 5.41) is 13.5. The molecular weight excluding hydrogens is 194 g/mol. The molecular formula is C11H11NO3. The molecule has 0 saturated heterocycles. The van der Waals surface area contributed by atoms with E-state index in [0.29, 0.717) is 5.52 Å². The van der Waals surface area contributed by atoms with Gasteiger partial charge < -0.3 is 9.63 Å². The zero-order chi connectivity index (χ0) is 11.0. The highest BCUT2D eigenvalue weighted by Gasteiger charge is 2.13. The van der Waals surface area contributed by atoms with Crippen LogP contribution in [0, 0.1) is 0 Å². The van der Waals surface area contributed by atoms with Crippen LogP contribution in [0.5, 0.6) is 0 Å². The van der Waals surface area contributed by atoms with Crippen molar-refractivity contribution in [1.29, 1.82) is 0 Å². The largest absolute Gasteiger partial charge is 0.478 e. The number of carbonyl (C=O) groups is 1. The van der Waals surface area contributed by atoms with Gasteiger partial charge in [-0.3, -0.25) is 0 Å². The summed E-state index contributed by atoms with van der Waals surface area (Å²) in [5.41, 5.74) is 0.824. The molecule has 15 heavy (non-hydrogen) atoms. The van der Waals surface area contributed by atoms with Crippen LogP contribution in [0.15, 0.2) is 22.7 Å². The van der Waals surface area contributed by atoms with E-state index < -0.39 is 5.97 Å². The molecule has 0 saturated carbocycles. The Kier molecular flexibility index (Phi) is 2.19. The Morgan fingerprint density at radius 3 is 2.80 bits per heavy atom. The Bertz CT molecular complexity index is 514. The Hall–Kier alpha value is -1.84. The molecule has 0 spiro atoms. The molecule has 1 N–H and O–H groups in total. The Morgan fingerprint density at radius 2 is 2.20 bits per heavy atom. The van der Waals surface area contributed by atoms with Gasteiger partial charge in [0.15, 0.2) is 0 Å². The van der Waals surface area contributed by atoms with Gasteiger partial charge in [-0.1, -0.05) is 19.0 Å². The van der Waals surface area contributed by atoms with Crippen molar-refractivity contribution in [3.8, 4) is 0 Å². The van der Waals surface area contributed by atoms with E-state index in [1.54, 1.807) is 12.1 Å². The smallest absolute Gasteiger partial charge is 0.335 e. The first kappa shape index (κ1) is 9.71. The Labute approximate surface area is 86.5 Å². The molecule has 1 heterocycles. The molecule has 2 rings (SSSR count). The van der Waals surface area contributed by atoms with Crippen molar-refractivity contribution in [2.75, 3.05) is 0 Å². The molecule has 1 aromatic heterocycles. The summed E-state index contributed by atoms with van der Waals surface area (Å²) in [6.07, 6.45) is 0. The van der Waals surface area contributed by atoms with Gasteiger partial charge >= 0.3 is 5.97 Å². The van der Waals surface area contributed by atoms with Crippen molar-refractivity contribution in [3.05, 3.63) is 29.5 Å². The summed E-state index contributed by atoms with van der Waals surface area (Å²) in [7, 11) is 0. The van der Waals surface area contributed by atoms with Crippen LogP contribution in [-0.2, 0) is 0 Å². The molecule has 0 unspecified atom stereocenters. The second-order valence-electron chi connectivity index (χ2n) is 3.74. The van der Waals surface area contributed by atoms with Crippen LogP contribution < -0.4 is 0 Å². The van der Waals surface area contributed by atoms with Gasteiger partial charge in [0, 0.05) is 11.3 Å². The molecule has 4 nitrogen and oxygen atoms in total. The molecule has 0 fully saturated rings. The summed E-state index contributed by atoms with van der Waals surface area (Å²) in [4.78, 5) is 10.7. The Balaban J connectivity index is 2.61. The first-order chi connectivity index (χ1) is 7.09. The van der Waals surface area contributed by atoms with Crippen LogP contribution in [0.1, 0.15) is 35.9 Å². The van der Waals surface area contributed by atoms with Crippen molar-refractivity contribution in [2.45, 2.75) is 19.8 Å². The topological polar surface area (TPSA) is 63.3 Å². The highest BCUT2D eigenvalue weighted by Crippen LogP contribution is 2.25. The minimum absolute atomic E-state index is 0.228. The van der Waals surface area contributed by atoms with Gasteiger partial charge in [0.1, 0.15) is 11.3 Å². The fraction of sp³-hybridized carbons (Fsp3) is 0.273. The molecule has 0 aliphatic carbocycles. The molecule has 0 aliphatic rings. The number of fused-ring (bicyclic) bond motifs is 1. The monoisotopic (exact) mass is 205 g/mol. The number of nitrogens with zero attached hydrogens (tertiary/aromatic N) is 1. The second kappa shape index (κ2) is 3.38. The van der Waals surface area contributed by atoms with Crippen LogP contribution in [0.2, 0.25) is 0 Å². The van der Waals surface area contributed by atoms with Crippen molar-refractivity contribution < 1.29 is 14.4 Å². The zero-order valence-corrected chi connectivity index (χ0v) is 8.52.